The van der Waals surface area contributed by atoms with Crippen LogP contribution in [-0.2, 0) is 37.8 Å². The molecule has 0 spiro atoms. The maximum Gasteiger partial charge on any atom is 0.276 e. The summed E-state index contributed by atoms with van der Waals surface area (Å²) >= 11 is 0. The minimum absolute atomic E-state index is 0.0848. The van der Waals surface area contributed by atoms with Crippen LogP contribution < -0.4 is 20.7 Å². The van der Waals surface area contributed by atoms with E-state index >= 15 is 0 Å². The highest BCUT2D eigenvalue weighted by molar-refractivity contribution is 6.06. The molecule has 258 valence electrons. The summed E-state index contributed by atoms with van der Waals surface area (Å²) in [7, 11) is 1.69. The fourth-order valence-electron chi connectivity index (χ4n) is 8.04. The molecule has 12 heteroatoms. The molecule has 8 rings (SSSR count). The number of aryl methyl sites for hydroxylation is 2. The van der Waals surface area contributed by atoms with Crippen molar-refractivity contribution in [2.75, 3.05) is 48.0 Å². The number of terminal acetylenes is 1. The third-order valence-corrected chi connectivity index (χ3v) is 10.8. The molecule has 1 amide bonds. The number of aromatic nitrogens is 4. The van der Waals surface area contributed by atoms with Crippen molar-refractivity contribution in [2.24, 2.45) is 7.05 Å². The number of carbonyl (C=O) groups is 1. The summed E-state index contributed by atoms with van der Waals surface area (Å²) in [5.41, 5.74) is 6.17. The summed E-state index contributed by atoms with van der Waals surface area (Å²) in [5.74, 6) is 3.79. The monoisotopic (exact) mass is 674 g/mol. The molecule has 2 saturated heterocycles. The standard InChI is InChI=1S/C38H42N8O4/c1-4-27-20-45(29-22-50-23-29)24(2)18-46(27)28-9-10-35(40-17-28)41-32-15-26(19-42(3)37(32)48)30-11-12-39-36(31(30)21-47)44-14-13-43-33-8-6-5-7-25(33)16-34(43)38(44)49/h1,9-12,15-17,19,24,27,29,47H,5-8,13-14,18,20-23H2,2-3H3,(H,40,41)/t24-,27+/m1/s1. The number of piperazine rings is 1. The Hall–Kier alpha value is -4.96. The maximum atomic E-state index is 13.8. The van der Waals surface area contributed by atoms with Gasteiger partial charge in [-0.15, -0.1) is 6.42 Å². The number of fused-ring (bicyclic) bond motifs is 3. The van der Waals surface area contributed by atoms with Crippen LogP contribution in [0.5, 0.6) is 0 Å². The molecular formula is C38H42N8O4. The van der Waals surface area contributed by atoms with Crippen LogP contribution >= 0.6 is 0 Å². The van der Waals surface area contributed by atoms with Crippen LogP contribution in [0, 0.1) is 12.3 Å². The van der Waals surface area contributed by atoms with E-state index in [1.54, 1.807) is 36.6 Å². The van der Waals surface area contributed by atoms with Crippen LogP contribution in [0.1, 0.15) is 47.1 Å². The zero-order valence-corrected chi connectivity index (χ0v) is 28.5. The predicted octanol–water partition coefficient (Wildman–Crippen LogP) is 3.33. The fourth-order valence-corrected chi connectivity index (χ4v) is 8.04. The molecular weight excluding hydrogens is 632 g/mol. The zero-order valence-electron chi connectivity index (χ0n) is 28.5. The number of aliphatic hydroxyl groups is 1. The summed E-state index contributed by atoms with van der Waals surface area (Å²) in [6.07, 6.45) is 15.4. The van der Waals surface area contributed by atoms with E-state index in [1.807, 2.05) is 24.3 Å². The molecule has 1 aliphatic carbocycles. The lowest BCUT2D eigenvalue weighted by atomic mass is 9.98. The van der Waals surface area contributed by atoms with Gasteiger partial charge in [0.05, 0.1) is 37.7 Å². The third-order valence-electron chi connectivity index (χ3n) is 10.8. The van der Waals surface area contributed by atoms with Crippen molar-refractivity contribution in [1.82, 2.24) is 24.0 Å². The minimum atomic E-state index is -0.325. The second-order valence-electron chi connectivity index (χ2n) is 13.8. The van der Waals surface area contributed by atoms with E-state index in [0.717, 1.165) is 57.7 Å². The van der Waals surface area contributed by atoms with Gasteiger partial charge in [0.2, 0.25) is 0 Å². The van der Waals surface area contributed by atoms with Crippen molar-refractivity contribution in [1.29, 1.82) is 0 Å². The van der Waals surface area contributed by atoms with Gasteiger partial charge in [0, 0.05) is 68.5 Å². The molecule has 0 saturated carbocycles. The number of pyridine rings is 3. The molecule has 4 aromatic heterocycles. The summed E-state index contributed by atoms with van der Waals surface area (Å²) in [6.45, 7) is 6.08. The number of hydrogen-bond acceptors (Lipinski definition) is 9. The first-order valence-corrected chi connectivity index (χ1v) is 17.5. The maximum absolute atomic E-state index is 13.8. The highest BCUT2D eigenvalue weighted by atomic mass is 16.5. The van der Waals surface area contributed by atoms with Crippen LogP contribution in [0.15, 0.2) is 53.7 Å². The van der Waals surface area contributed by atoms with Gasteiger partial charge in [0.1, 0.15) is 29.1 Å². The second-order valence-corrected chi connectivity index (χ2v) is 13.8. The van der Waals surface area contributed by atoms with E-state index in [4.69, 9.17) is 11.2 Å². The SMILES string of the molecule is C#C[C@H]1CN(C2COC2)[C@H](C)CN1c1ccc(Nc2cc(-c3ccnc(N4CCn5c(cc6c5CCCC6)C4=O)c3CO)cn(C)c2=O)nc1. The topological polar surface area (TPSA) is 121 Å². The molecule has 0 unspecified atom stereocenters. The number of aliphatic hydroxyl groups excluding tert-OH is 1. The molecule has 12 nitrogen and oxygen atoms in total. The van der Waals surface area contributed by atoms with Gasteiger partial charge in [-0.25, -0.2) is 9.97 Å². The predicted molar refractivity (Wildman–Crippen MR) is 192 cm³/mol. The summed E-state index contributed by atoms with van der Waals surface area (Å²) in [6, 6.07) is 10.1. The molecule has 0 radical (unpaired) electrons. The number of anilines is 4. The number of nitrogens with zero attached hydrogens (tertiary/aromatic N) is 7. The molecule has 4 aromatic rings. The van der Waals surface area contributed by atoms with Crippen molar-refractivity contribution >= 4 is 28.9 Å². The van der Waals surface area contributed by atoms with Gasteiger partial charge in [0.25, 0.3) is 11.5 Å². The first kappa shape index (κ1) is 32.3. The lowest BCUT2D eigenvalue weighted by molar-refractivity contribution is -0.0815. The largest absolute Gasteiger partial charge is 0.392 e. The molecule has 0 aromatic carbocycles. The quantitative estimate of drug-likeness (QED) is 0.285. The molecule has 50 heavy (non-hydrogen) atoms. The summed E-state index contributed by atoms with van der Waals surface area (Å²) in [5, 5.41) is 13.9. The molecule has 0 bridgehead atoms. The van der Waals surface area contributed by atoms with Gasteiger partial charge in [-0.3, -0.25) is 19.4 Å². The van der Waals surface area contributed by atoms with Crippen LogP contribution in [0.2, 0.25) is 0 Å². The molecule has 4 aliphatic rings. The van der Waals surface area contributed by atoms with Crippen LogP contribution in [-0.4, -0.2) is 86.0 Å². The lowest BCUT2D eigenvalue weighted by Crippen LogP contribution is -2.63. The number of nitrogens with one attached hydrogen (secondary N) is 1. The molecule has 7 heterocycles. The van der Waals surface area contributed by atoms with Crippen molar-refractivity contribution in [3.63, 3.8) is 0 Å². The Balaban J connectivity index is 1.05. The number of carbonyl (C=O) groups excluding carboxylic acids is 1. The number of rotatable bonds is 7. The molecule has 3 aliphatic heterocycles. The Morgan fingerprint density at radius 3 is 2.66 bits per heavy atom. The van der Waals surface area contributed by atoms with E-state index in [9.17, 15) is 14.7 Å². The second kappa shape index (κ2) is 13.1. The van der Waals surface area contributed by atoms with Crippen molar-refractivity contribution in [3.8, 4) is 23.5 Å². The van der Waals surface area contributed by atoms with Gasteiger partial charge in [-0.2, -0.15) is 0 Å². The molecule has 2 atom stereocenters. The van der Waals surface area contributed by atoms with Crippen LogP contribution in [0.25, 0.3) is 11.1 Å². The Labute approximate surface area is 291 Å². The van der Waals surface area contributed by atoms with E-state index in [-0.39, 0.29) is 24.1 Å². The Morgan fingerprint density at radius 1 is 1.08 bits per heavy atom. The average molecular weight is 675 g/mol. The van der Waals surface area contributed by atoms with Crippen molar-refractivity contribution in [2.45, 2.75) is 63.9 Å². The summed E-state index contributed by atoms with van der Waals surface area (Å²) < 4.78 is 9.09. The smallest absolute Gasteiger partial charge is 0.276 e. The van der Waals surface area contributed by atoms with E-state index in [0.29, 0.717) is 64.9 Å². The van der Waals surface area contributed by atoms with E-state index < -0.39 is 0 Å². The normalized spacial score (nSPS) is 21.0. The first-order chi connectivity index (χ1) is 24.3. The van der Waals surface area contributed by atoms with Crippen LogP contribution in [0.4, 0.5) is 23.0 Å². The fraction of sp³-hybridized carbons (Fsp3) is 0.421. The van der Waals surface area contributed by atoms with Gasteiger partial charge in [0.15, 0.2) is 0 Å². The number of amides is 1. The van der Waals surface area contributed by atoms with Crippen molar-refractivity contribution < 1.29 is 14.6 Å². The van der Waals surface area contributed by atoms with E-state index in [1.165, 1.54) is 15.8 Å². The lowest BCUT2D eigenvalue weighted by Gasteiger charge is -2.49. The van der Waals surface area contributed by atoms with Gasteiger partial charge in [-0.1, -0.05) is 5.92 Å². The average Bonchev–Trinajstić information content (AvgIpc) is 3.50. The van der Waals surface area contributed by atoms with Crippen molar-refractivity contribution in [3.05, 3.63) is 81.8 Å². The molecule has 2 N–H and O–H groups in total. The minimum Gasteiger partial charge on any atom is -0.392 e. The Morgan fingerprint density at radius 2 is 1.92 bits per heavy atom. The zero-order chi connectivity index (χ0) is 34.5. The Bertz CT molecular complexity index is 2040. The first-order valence-electron chi connectivity index (χ1n) is 17.5. The van der Waals surface area contributed by atoms with Gasteiger partial charge < -0.3 is 29.2 Å². The highest BCUT2D eigenvalue weighted by Gasteiger charge is 2.38. The third kappa shape index (κ3) is 5.55. The van der Waals surface area contributed by atoms with Gasteiger partial charge in [-0.05, 0) is 74.1 Å². The number of ether oxygens (including phenoxy) is 1. The molecule has 2 fully saturated rings. The van der Waals surface area contributed by atoms with Gasteiger partial charge >= 0.3 is 0 Å². The Kier molecular flexibility index (Phi) is 8.42. The highest BCUT2D eigenvalue weighted by Crippen LogP contribution is 2.35. The summed E-state index contributed by atoms with van der Waals surface area (Å²) in [4.78, 5) is 42.8. The van der Waals surface area contributed by atoms with Crippen LogP contribution in [0.3, 0.4) is 0 Å². The van der Waals surface area contributed by atoms with E-state index in [2.05, 4.69) is 42.5 Å². The number of hydrogen-bond donors (Lipinski definition) is 2.